The van der Waals surface area contributed by atoms with Crippen LogP contribution >= 0.6 is 0 Å². The largest absolute Gasteiger partial charge is 0.344 e. The molecule has 3 heterocycles. The van der Waals surface area contributed by atoms with E-state index in [-0.39, 0.29) is 11.7 Å². The van der Waals surface area contributed by atoms with Crippen LogP contribution in [0.4, 0.5) is 4.39 Å². The number of nitrogens with zero attached hydrogens (tertiary/aromatic N) is 5. The van der Waals surface area contributed by atoms with Gasteiger partial charge in [0.2, 0.25) is 0 Å². The van der Waals surface area contributed by atoms with Crippen molar-refractivity contribution >= 4 is 26.8 Å². The van der Waals surface area contributed by atoms with Gasteiger partial charge in [0.05, 0.1) is 47.2 Å². The molecule has 32 heavy (non-hydrogen) atoms. The van der Waals surface area contributed by atoms with Crippen LogP contribution in [0.2, 0.25) is 0 Å². The minimum Gasteiger partial charge on any atom is -0.344 e. The van der Waals surface area contributed by atoms with Crippen LogP contribution in [0.3, 0.4) is 0 Å². The van der Waals surface area contributed by atoms with E-state index < -0.39 is 16.1 Å². The highest BCUT2D eigenvalue weighted by atomic mass is 32.2. The number of nitrogens with one attached hydrogen (secondary N) is 1. The van der Waals surface area contributed by atoms with Crippen LogP contribution in [0.15, 0.2) is 55.1 Å². The van der Waals surface area contributed by atoms with Gasteiger partial charge in [0.1, 0.15) is 5.82 Å². The predicted molar refractivity (Wildman–Crippen MR) is 116 cm³/mol. The molecule has 0 aliphatic carbocycles. The lowest BCUT2D eigenvalue weighted by Crippen LogP contribution is -2.29. The van der Waals surface area contributed by atoms with E-state index in [1.54, 1.807) is 35.3 Å². The average molecular weight is 457 g/mol. The van der Waals surface area contributed by atoms with Crippen molar-refractivity contribution in [3.63, 3.8) is 0 Å². The van der Waals surface area contributed by atoms with Crippen LogP contribution in [-0.4, -0.2) is 44.5 Å². The van der Waals surface area contributed by atoms with Gasteiger partial charge in [0.25, 0.3) is 15.9 Å². The Labute approximate surface area is 183 Å². The van der Waals surface area contributed by atoms with Gasteiger partial charge in [-0.2, -0.15) is 14.3 Å². The van der Waals surface area contributed by atoms with E-state index in [2.05, 4.69) is 20.5 Å². The Morgan fingerprint density at radius 3 is 2.56 bits per heavy atom. The number of hydrogen-bond acceptors (Lipinski definition) is 6. The van der Waals surface area contributed by atoms with Crippen LogP contribution in [-0.2, 0) is 10.0 Å². The van der Waals surface area contributed by atoms with Crippen molar-refractivity contribution in [1.82, 2.24) is 29.3 Å². The fourth-order valence-corrected chi connectivity index (χ4v) is 3.94. The van der Waals surface area contributed by atoms with Crippen molar-refractivity contribution in [2.75, 3.05) is 6.26 Å². The number of halogens is 1. The maximum Gasteiger partial charge on any atom is 0.254 e. The van der Waals surface area contributed by atoms with Crippen LogP contribution in [0.25, 0.3) is 16.6 Å². The third-order valence-electron chi connectivity index (χ3n) is 4.98. The van der Waals surface area contributed by atoms with Gasteiger partial charge in [0, 0.05) is 17.8 Å². The molecule has 1 atom stereocenters. The van der Waals surface area contributed by atoms with Gasteiger partial charge >= 0.3 is 0 Å². The summed E-state index contributed by atoms with van der Waals surface area (Å²) >= 11 is 0. The molecule has 0 aliphatic heterocycles. The molecule has 0 radical (unpaired) electrons. The van der Waals surface area contributed by atoms with Gasteiger partial charge in [-0.05, 0) is 36.8 Å². The van der Waals surface area contributed by atoms with Crippen LogP contribution in [0.5, 0.6) is 0 Å². The monoisotopic (exact) mass is 456 g/mol. The Morgan fingerprint density at radius 1 is 1.16 bits per heavy atom. The normalized spacial score (nSPS) is 12.7. The number of hydrogen-bond donors (Lipinski definition) is 1. The van der Waals surface area contributed by atoms with Gasteiger partial charge < -0.3 is 5.32 Å². The Bertz CT molecular complexity index is 1380. The summed E-state index contributed by atoms with van der Waals surface area (Å²) in [6.45, 7) is 1.96. The molecule has 0 fully saturated rings. The maximum absolute atomic E-state index is 13.3. The number of carbonyl (C=O) groups is 1. The lowest BCUT2D eigenvalue weighted by molar-refractivity contribution is 0.0935. The first-order valence-electron chi connectivity index (χ1n) is 9.92. The van der Waals surface area contributed by atoms with Crippen molar-refractivity contribution < 1.29 is 17.6 Å². The molecule has 9 nitrogen and oxygen atoms in total. The zero-order valence-corrected chi connectivity index (χ0v) is 18.3. The summed E-state index contributed by atoms with van der Waals surface area (Å²) in [7, 11) is -3.52. The smallest absolute Gasteiger partial charge is 0.254 e. The van der Waals surface area contributed by atoms with Crippen molar-refractivity contribution in [1.29, 1.82) is 0 Å². The summed E-state index contributed by atoms with van der Waals surface area (Å²) < 4.78 is 39.2. The Kier molecular flexibility index (Phi) is 5.74. The van der Waals surface area contributed by atoms with Crippen molar-refractivity contribution in [3.8, 4) is 5.69 Å². The fraction of sp³-hybridized carbons (Fsp3) is 0.238. The summed E-state index contributed by atoms with van der Waals surface area (Å²) in [6.07, 6.45) is 8.33. The maximum atomic E-state index is 13.3. The van der Waals surface area contributed by atoms with Gasteiger partial charge in [-0.1, -0.05) is 13.3 Å². The van der Waals surface area contributed by atoms with E-state index in [1.807, 2.05) is 6.92 Å². The van der Waals surface area contributed by atoms with Gasteiger partial charge in [-0.15, -0.1) is 0 Å². The summed E-state index contributed by atoms with van der Waals surface area (Å²) in [5.41, 5.74) is 2.00. The highest BCUT2D eigenvalue weighted by Gasteiger charge is 2.21. The zero-order chi connectivity index (χ0) is 22.9. The number of fused-ring (bicyclic) bond motifs is 1. The van der Waals surface area contributed by atoms with E-state index in [1.165, 1.54) is 24.5 Å². The quantitative estimate of drug-likeness (QED) is 0.458. The van der Waals surface area contributed by atoms with Crippen molar-refractivity contribution in [2.24, 2.45) is 0 Å². The first kappa shape index (κ1) is 21.6. The minimum atomic E-state index is -3.52. The molecule has 166 valence electrons. The van der Waals surface area contributed by atoms with E-state index in [9.17, 15) is 17.6 Å². The molecule has 4 rings (SSSR count). The number of aromatic nitrogens is 5. The highest BCUT2D eigenvalue weighted by Crippen LogP contribution is 2.23. The van der Waals surface area contributed by atoms with Crippen molar-refractivity contribution in [3.05, 3.63) is 72.2 Å². The molecule has 4 aromatic rings. The molecule has 0 bridgehead atoms. The predicted octanol–water partition coefficient (Wildman–Crippen LogP) is 2.84. The summed E-state index contributed by atoms with van der Waals surface area (Å²) in [6, 6.07) is 6.94. The van der Waals surface area contributed by atoms with Crippen molar-refractivity contribution in [2.45, 2.75) is 25.8 Å². The molecule has 0 saturated heterocycles. The Balaban J connectivity index is 1.65. The summed E-state index contributed by atoms with van der Waals surface area (Å²) in [4.78, 5) is 17.3. The molecule has 0 saturated carbocycles. The number of pyridine rings is 1. The van der Waals surface area contributed by atoms with E-state index in [0.29, 0.717) is 34.3 Å². The Hall–Kier alpha value is -3.60. The lowest BCUT2D eigenvalue weighted by Gasteiger charge is -2.16. The first-order chi connectivity index (χ1) is 15.3. The van der Waals surface area contributed by atoms with Crippen LogP contribution in [0.1, 0.15) is 41.9 Å². The molecule has 0 unspecified atom stereocenters. The topological polar surface area (TPSA) is 112 Å². The van der Waals surface area contributed by atoms with E-state index in [4.69, 9.17) is 0 Å². The van der Waals surface area contributed by atoms with Gasteiger partial charge in [-0.25, -0.2) is 17.5 Å². The number of rotatable bonds is 7. The molecule has 1 aromatic carbocycles. The molecular weight excluding hydrogens is 435 g/mol. The van der Waals surface area contributed by atoms with Gasteiger partial charge in [0.15, 0.2) is 0 Å². The third-order valence-corrected chi connectivity index (χ3v) is 5.86. The summed E-state index contributed by atoms with van der Waals surface area (Å²) in [5, 5.41) is 12.0. The van der Waals surface area contributed by atoms with Gasteiger partial charge in [-0.3, -0.25) is 9.78 Å². The third kappa shape index (κ3) is 4.24. The lowest BCUT2D eigenvalue weighted by atomic mass is 10.1. The van der Waals surface area contributed by atoms with Crippen LogP contribution in [0, 0.1) is 5.82 Å². The molecule has 0 spiro atoms. The van der Waals surface area contributed by atoms with Crippen LogP contribution < -0.4 is 5.32 Å². The second kappa shape index (κ2) is 8.50. The molecule has 0 aliphatic rings. The average Bonchev–Trinajstić information content (AvgIpc) is 3.41. The molecule has 1 amide bonds. The second-order valence-corrected chi connectivity index (χ2v) is 9.18. The van der Waals surface area contributed by atoms with E-state index in [0.717, 1.165) is 16.8 Å². The zero-order valence-electron chi connectivity index (χ0n) is 17.4. The second-order valence-electron chi connectivity index (χ2n) is 7.34. The molecular formula is C21H21FN6O3S. The Morgan fingerprint density at radius 2 is 1.91 bits per heavy atom. The summed E-state index contributed by atoms with van der Waals surface area (Å²) in [5.74, 6) is -0.738. The number of benzene rings is 1. The fourth-order valence-electron chi connectivity index (χ4n) is 3.42. The molecule has 11 heteroatoms. The molecule has 3 aromatic heterocycles. The SMILES string of the molecule is CCC[C@H](NC(=O)c1cncc2c1cnn2-c1ccc(F)cc1)c1ccn(S(C)(=O)=O)n1. The number of carbonyl (C=O) groups excluding carboxylic acids is 1. The number of amides is 1. The highest BCUT2D eigenvalue weighted by molar-refractivity contribution is 7.89. The van der Waals surface area contributed by atoms with E-state index >= 15 is 0 Å². The minimum absolute atomic E-state index is 0.319. The first-order valence-corrected chi connectivity index (χ1v) is 11.8. The molecule has 1 N–H and O–H groups in total. The standard InChI is InChI=1S/C21H21FN6O3S/c1-3-4-18(19-9-10-27(26-19)32(2,30)31)25-21(29)17-11-23-13-20-16(17)12-24-28(20)15-7-5-14(22)6-8-15/h5-13,18H,3-4H2,1-2H3,(H,25,29)/t18-/m0/s1.